The summed E-state index contributed by atoms with van der Waals surface area (Å²) >= 11 is 0. The molecule has 1 aromatic rings. The van der Waals surface area contributed by atoms with Gasteiger partial charge >= 0.3 is 0 Å². The van der Waals surface area contributed by atoms with Gasteiger partial charge in [-0.2, -0.15) is 0 Å². The molecule has 1 saturated carbocycles. The first kappa shape index (κ1) is 16.4. The van der Waals surface area contributed by atoms with E-state index in [-0.39, 0.29) is 5.91 Å². The topological polar surface area (TPSA) is 32.3 Å². The van der Waals surface area contributed by atoms with Crippen LogP contribution in [0.15, 0.2) is 24.3 Å². The Morgan fingerprint density at radius 1 is 1.23 bits per heavy atom. The zero-order chi connectivity index (χ0) is 15.8. The van der Waals surface area contributed by atoms with Gasteiger partial charge in [0.1, 0.15) is 0 Å². The predicted molar refractivity (Wildman–Crippen MR) is 91.8 cm³/mol. The highest BCUT2D eigenvalue weighted by Gasteiger charge is 2.15. The second kappa shape index (κ2) is 8.48. The van der Waals surface area contributed by atoms with Crippen LogP contribution in [0, 0.1) is 17.8 Å². The summed E-state index contributed by atoms with van der Waals surface area (Å²) in [4.78, 5) is 13.8. The summed E-state index contributed by atoms with van der Waals surface area (Å²) in [5.41, 5.74) is 2.14. The number of hydrogen-bond acceptors (Lipinski definition) is 2. The van der Waals surface area contributed by atoms with E-state index in [1.165, 1.54) is 25.7 Å². The highest BCUT2D eigenvalue weighted by Crippen LogP contribution is 2.28. The van der Waals surface area contributed by atoms with Crippen LogP contribution in [-0.2, 0) is 4.79 Å². The number of benzene rings is 1. The molecule has 1 N–H and O–H groups in total. The molecule has 1 aliphatic carbocycles. The van der Waals surface area contributed by atoms with Crippen molar-refractivity contribution < 1.29 is 4.79 Å². The van der Waals surface area contributed by atoms with Crippen LogP contribution in [0.5, 0.6) is 0 Å². The molecular weight excluding hydrogens is 272 g/mol. The Morgan fingerprint density at radius 2 is 1.91 bits per heavy atom. The monoisotopic (exact) mass is 298 g/mol. The highest BCUT2D eigenvalue weighted by molar-refractivity contribution is 5.76. The third-order valence-electron chi connectivity index (χ3n) is 4.24. The fourth-order valence-electron chi connectivity index (χ4n) is 2.85. The first-order chi connectivity index (χ1) is 10.6. The van der Waals surface area contributed by atoms with Crippen LogP contribution >= 0.6 is 0 Å². The average molecular weight is 298 g/mol. The SMILES string of the molecule is CN(C)c1ccc(C#CCNC(=O)CCC2CCCC2)cc1. The minimum Gasteiger partial charge on any atom is -0.378 e. The van der Waals surface area contributed by atoms with Crippen molar-refractivity contribution in [3.05, 3.63) is 29.8 Å². The number of nitrogens with zero attached hydrogens (tertiary/aromatic N) is 1. The van der Waals surface area contributed by atoms with Crippen molar-refractivity contribution in [2.45, 2.75) is 38.5 Å². The summed E-state index contributed by atoms with van der Waals surface area (Å²) in [5, 5.41) is 2.89. The summed E-state index contributed by atoms with van der Waals surface area (Å²) in [5.74, 6) is 6.99. The van der Waals surface area contributed by atoms with Crippen molar-refractivity contribution in [2.24, 2.45) is 5.92 Å². The van der Waals surface area contributed by atoms with E-state index in [4.69, 9.17) is 0 Å². The minimum absolute atomic E-state index is 0.129. The maximum Gasteiger partial charge on any atom is 0.220 e. The lowest BCUT2D eigenvalue weighted by Crippen LogP contribution is -2.23. The number of nitrogens with one attached hydrogen (secondary N) is 1. The van der Waals surface area contributed by atoms with Gasteiger partial charge in [0.25, 0.3) is 0 Å². The molecule has 0 aromatic heterocycles. The first-order valence-corrected chi connectivity index (χ1v) is 8.18. The molecule has 2 rings (SSSR count). The van der Waals surface area contributed by atoms with Gasteiger partial charge in [-0.05, 0) is 36.6 Å². The molecule has 1 aliphatic rings. The van der Waals surface area contributed by atoms with E-state index in [2.05, 4.69) is 22.1 Å². The van der Waals surface area contributed by atoms with Gasteiger partial charge in [-0.25, -0.2) is 0 Å². The lowest BCUT2D eigenvalue weighted by molar-refractivity contribution is -0.121. The minimum atomic E-state index is 0.129. The van der Waals surface area contributed by atoms with E-state index < -0.39 is 0 Å². The van der Waals surface area contributed by atoms with Crippen LogP contribution in [0.4, 0.5) is 5.69 Å². The summed E-state index contributed by atoms with van der Waals surface area (Å²) in [6, 6.07) is 8.10. The van der Waals surface area contributed by atoms with Crippen molar-refractivity contribution in [2.75, 3.05) is 25.5 Å². The molecule has 0 aliphatic heterocycles. The van der Waals surface area contributed by atoms with E-state index in [9.17, 15) is 4.79 Å². The van der Waals surface area contributed by atoms with Gasteiger partial charge in [0.15, 0.2) is 0 Å². The molecule has 1 fully saturated rings. The van der Waals surface area contributed by atoms with Gasteiger partial charge in [0, 0.05) is 31.8 Å². The van der Waals surface area contributed by atoms with Crippen LogP contribution in [0.1, 0.15) is 44.1 Å². The molecule has 1 aromatic carbocycles. The number of carbonyl (C=O) groups excluding carboxylic acids is 1. The number of rotatable bonds is 5. The van der Waals surface area contributed by atoms with Crippen molar-refractivity contribution in [3.8, 4) is 11.8 Å². The molecule has 0 atom stereocenters. The molecular formula is C19H26N2O. The summed E-state index contributed by atoms with van der Waals surface area (Å²) < 4.78 is 0. The van der Waals surface area contributed by atoms with Crippen molar-refractivity contribution >= 4 is 11.6 Å². The Labute approximate surface area is 134 Å². The van der Waals surface area contributed by atoms with Gasteiger partial charge in [0.2, 0.25) is 5.91 Å². The van der Waals surface area contributed by atoms with Gasteiger partial charge in [-0.15, -0.1) is 0 Å². The Balaban J connectivity index is 1.68. The Bertz CT molecular complexity index is 531. The van der Waals surface area contributed by atoms with Crippen LogP contribution in [0.3, 0.4) is 0 Å². The van der Waals surface area contributed by atoms with E-state index in [1.54, 1.807) is 0 Å². The second-order valence-corrected chi connectivity index (χ2v) is 6.21. The molecule has 0 bridgehead atoms. The van der Waals surface area contributed by atoms with E-state index in [0.717, 1.165) is 23.6 Å². The molecule has 3 heteroatoms. The molecule has 1 amide bonds. The highest BCUT2D eigenvalue weighted by atomic mass is 16.1. The standard InChI is InChI=1S/C19H26N2O/c1-21(2)18-12-9-17(10-13-18)8-5-15-20-19(22)14-11-16-6-3-4-7-16/h9-10,12-13,16H,3-4,6-7,11,14-15H2,1-2H3,(H,20,22). The first-order valence-electron chi connectivity index (χ1n) is 8.18. The average Bonchev–Trinajstić information content (AvgIpc) is 3.03. The van der Waals surface area contributed by atoms with Gasteiger partial charge in [-0.3, -0.25) is 4.79 Å². The van der Waals surface area contributed by atoms with Crippen LogP contribution in [0.2, 0.25) is 0 Å². The summed E-state index contributed by atoms with van der Waals surface area (Å²) in [6.45, 7) is 0.429. The smallest absolute Gasteiger partial charge is 0.220 e. The van der Waals surface area contributed by atoms with Gasteiger partial charge < -0.3 is 10.2 Å². The predicted octanol–water partition coefficient (Wildman–Crippen LogP) is 3.19. The fourth-order valence-corrected chi connectivity index (χ4v) is 2.85. The van der Waals surface area contributed by atoms with E-state index in [1.807, 2.05) is 38.4 Å². The molecule has 0 radical (unpaired) electrons. The number of hydrogen-bond donors (Lipinski definition) is 1. The van der Waals surface area contributed by atoms with Gasteiger partial charge in [-0.1, -0.05) is 37.5 Å². The number of anilines is 1. The summed E-state index contributed by atoms with van der Waals surface area (Å²) in [7, 11) is 4.03. The lowest BCUT2D eigenvalue weighted by Gasteiger charge is -2.11. The third-order valence-corrected chi connectivity index (χ3v) is 4.24. The molecule has 0 heterocycles. The fraction of sp³-hybridized carbons (Fsp3) is 0.526. The third kappa shape index (κ3) is 5.44. The maximum absolute atomic E-state index is 11.7. The Kier molecular flexibility index (Phi) is 6.33. The number of amides is 1. The lowest BCUT2D eigenvalue weighted by atomic mass is 10.0. The molecule has 0 saturated heterocycles. The molecule has 0 unspecified atom stereocenters. The van der Waals surface area contributed by atoms with E-state index >= 15 is 0 Å². The Hall–Kier alpha value is -1.95. The number of carbonyl (C=O) groups is 1. The van der Waals surface area contributed by atoms with Gasteiger partial charge in [0.05, 0.1) is 6.54 Å². The largest absolute Gasteiger partial charge is 0.378 e. The summed E-state index contributed by atoms with van der Waals surface area (Å²) in [6.07, 6.45) is 6.95. The quantitative estimate of drug-likeness (QED) is 0.847. The Morgan fingerprint density at radius 3 is 2.55 bits per heavy atom. The molecule has 0 spiro atoms. The second-order valence-electron chi connectivity index (χ2n) is 6.21. The van der Waals surface area contributed by atoms with Crippen molar-refractivity contribution in [1.29, 1.82) is 0 Å². The van der Waals surface area contributed by atoms with Crippen molar-refractivity contribution in [1.82, 2.24) is 5.32 Å². The van der Waals surface area contributed by atoms with Crippen LogP contribution < -0.4 is 10.2 Å². The van der Waals surface area contributed by atoms with E-state index in [0.29, 0.717) is 13.0 Å². The zero-order valence-corrected chi connectivity index (χ0v) is 13.7. The molecule has 118 valence electrons. The normalized spacial score (nSPS) is 14.3. The van der Waals surface area contributed by atoms with Crippen LogP contribution in [-0.4, -0.2) is 26.5 Å². The van der Waals surface area contributed by atoms with Crippen LogP contribution in [0.25, 0.3) is 0 Å². The maximum atomic E-state index is 11.7. The molecule has 22 heavy (non-hydrogen) atoms. The molecule has 3 nitrogen and oxygen atoms in total. The van der Waals surface area contributed by atoms with Crippen molar-refractivity contribution in [3.63, 3.8) is 0 Å². The zero-order valence-electron chi connectivity index (χ0n) is 13.7.